The van der Waals surface area contributed by atoms with Crippen molar-refractivity contribution in [2.24, 2.45) is 0 Å². The van der Waals surface area contributed by atoms with Gasteiger partial charge in [-0.3, -0.25) is 14.9 Å². The molecule has 0 spiro atoms. The van der Waals surface area contributed by atoms with Crippen molar-refractivity contribution in [2.45, 2.75) is 25.6 Å². The van der Waals surface area contributed by atoms with Crippen molar-refractivity contribution in [2.75, 3.05) is 5.73 Å². The van der Waals surface area contributed by atoms with Crippen LogP contribution in [0.5, 0.6) is 0 Å². The van der Waals surface area contributed by atoms with Gasteiger partial charge in [0.15, 0.2) is 0 Å². The number of nitrogens with zero attached hydrogens (tertiary/aromatic N) is 1. The molecule has 0 radical (unpaired) electrons. The second-order valence-electron chi connectivity index (χ2n) is 4.22. The van der Waals surface area contributed by atoms with Gasteiger partial charge in [-0.25, -0.2) is 0 Å². The van der Waals surface area contributed by atoms with Crippen molar-refractivity contribution < 1.29 is 22.9 Å². The van der Waals surface area contributed by atoms with Crippen LogP contribution in [0.25, 0.3) is 0 Å². The Balaban J connectivity index is 2.78. The van der Waals surface area contributed by atoms with E-state index in [-0.39, 0.29) is 16.9 Å². The Bertz CT molecular complexity index is 531. The molecule has 0 aliphatic carbocycles. The Morgan fingerprint density at radius 2 is 2.10 bits per heavy atom. The van der Waals surface area contributed by atoms with Crippen molar-refractivity contribution in [3.05, 3.63) is 33.9 Å². The highest BCUT2D eigenvalue weighted by Gasteiger charge is 2.30. The van der Waals surface area contributed by atoms with Gasteiger partial charge in [-0.1, -0.05) is 0 Å². The van der Waals surface area contributed by atoms with E-state index in [1.807, 2.05) is 0 Å². The number of carbonyl (C=O) groups excluding carboxylic acids is 1. The third kappa shape index (κ3) is 4.41. The molecule has 0 saturated heterocycles. The van der Waals surface area contributed by atoms with E-state index in [9.17, 15) is 28.1 Å². The van der Waals surface area contributed by atoms with Gasteiger partial charge in [0.05, 0.1) is 11.3 Å². The molecule has 0 aliphatic rings. The summed E-state index contributed by atoms with van der Waals surface area (Å²) < 4.78 is 36.4. The Kier molecular flexibility index (Phi) is 4.53. The summed E-state index contributed by atoms with van der Waals surface area (Å²) in [5.41, 5.74) is 4.75. The Morgan fingerprint density at radius 1 is 1.50 bits per heavy atom. The van der Waals surface area contributed by atoms with Crippen LogP contribution in [0.3, 0.4) is 0 Å². The number of hydrogen-bond donors (Lipinski definition) is 2. The molecule has 0 heterocycles. The summed E-state index contributed by atoms with van der Waals surface area (Å²) in [5.74, 6) is -0.775. The summed E-state index contributed by atoms with van der Waals surface area (Å²) in [6, 6.07) is 2.09. The molecule has 1 amide bonds. The van der Waals surface area contributed by atoms with Crippen LogP contribution in [-0.2, 0) is 0 Å². The van der Waals surface area contributed by atoms with Crippen LogP contribution in [0.1, 0.15) is 23.7 Å². The van der Waals surface area contributed by atoms with Gasteiger partial charge < -0.3 is 11.1 Å². The molecule has 9 heteroatoms. The smallest absolute Gasteiger partial charge is 0.391 e. The van der Waals surface area contributed by atoms with Gasteiger partial charge >= 0.3 is 6.18 Å². The van der Waals surface area contributed by atoms with E-state index < -0.39 is 29.5 Å². The predicted octanol–water partition coefficient (Wildman–Crippen LogP) is 2.25. The highest BCUT2D eigenvalue weighted by atomic mass is 19.4. The van der Waals surface area contributed by atoms with E-state index in [1.165, 1.54) is 6.92 Å². The Labute approximate surface area is 111 Å². The van der Waals surface area contributed by atoms with Crippen molar-refractivity contribution >= 4 is 17.3 Å². The zero-order chi connectivity index (χ0) is 15.5. The molecule has 3 N–H and O–H groups in total. The van der Waals surface area contributed by atoms with E-state index in [1.54, 1.807) is 0 Å². The SMILES string of the molecule is CC(CC(F)(F)F)NC(=O)c1ccc([N+](=O)[O-])c(N)c1. The molecule has 1 aromatic carbocycles. The second-order valence-corrected chi connectivity index (χ2v) is 4.22. The lowest BCUT2D eigenvalue weighted by Gasteiger charge is -2.15. The average molecular weight is 291 g/mol. The van der Waals surface area contributed by atoms with E-state index >= 15 is 0 Å². The summed E-state index contributed by atoms with van der Waals surface area (Å²) in [5, 5.41) is 12.7. The van der Waals surface area contributed by atoms with Crippen molar-refractivity contribution in [3.8, 4) is 0 Å². The molecule has 1 unspecified atom stereocenters. The van der Waals surface area contributed by atoms with Gasteiger partial charge in [-0.05, 0) is 19.1 Å². The van der Waals surface area contributed by atoms with Crippen LogP contribution in [0.2, 0.25) is 0 Å². The number of nitrogens with two attached hydrogens (primary N) is 1. The molecule has 6 nitrogen and oxygen atoms in total. The average Bonchev–Trinajstić information content (AvgIpc) is 2.25. The monoisotopic (exact) mass is 291 g/mol. The summed E-state index contributed by atoms with van der Waals surface area (Å²) in [6.45, 7) is 1.21. The topological polar surface area (TPSA) is 98.3 Å². The number of amides is 1. The standard InChI is InChI=1S/C11H12F3N3O3/c1-6(5-11(12,13)14)16-10(18)7-2-3-9(17(19)20)8(15)4-7/h2-4,6H,5,15H2,1H3,(H,16,18). The number of nitrogens with one attached hydrogen (secondary N) is 1. The van der Waals surface area contributed by atoms with Crippen LogP contribution in [0.4, 0.5) is 24.5 Å². The van der Waals surface area contributed by atoms with Gasteiger partial charge in [0, 0.05) is 17.7 Å². The first kappa shape index (κ1) is 15.7. The van der Waals surface area contributed by atoms with Crippen molar-refractivity contribution in [1.82, 2.24) is 5.32 Å². The fourth-order valence-corrected chi connectivity index (χ4v) is 1.57. The van der Waals surface area contributed by atoms with E-state index in [2.05, 4.69) is 5.32 Å². The fourth-order valence-electron chi connectivity index (χ4n) is 1.57. The van der Waals surface area contributed by atoms with Crippen LogP contribution in [0, 0.1) is 10.1 Å². The number of nitro benzene ring substituents is 1. The molecule has 0 aromatic heterocycles. The van der Waals surface area contributed by atoms with Gasteiger partial charge in [0.25, 0.3) is 11.6 Å². The Morgan fingerprint density at radius 3 is 2.55 bits per heavy atom. The normalized spacial score (nSPS) is 12.8. The Hall–Kier alpha value is -2.32. The second kappa shape index (κ2) is 5.76. The summed E-state index contributed by atoms with van der Waals surface area (Å²) in [4.78, 5) is 21.5. The first-order chi connectivity index (χ1) is 9.10. The molecule has 0 fully saturated rings. The summed E-state index contributed by atoms with van der Waals surface area (Å²) >= 11 is 0. The highest BCUT2D eigenvalue weighted by molar-refractivity contribution is 5.95. The molecular weight excluding hydrogens is 279 g/mol. The molecule has 1 aromatic rings. The number of benzene rings is 1. The number of nitro groups is 1. The summed E-state index contributed by atoms with van der Waals surface area (Å²) in [7, 11) is 0. The lowest BCUT2D eigenvalue weighted by Crippen LogP contribution is -2.35. The lowest BCUT2D eigenvalue weighted by molar-refractivity contribution is -0.383. The van der Waals surface area contributed by atoms with Gasteiger partial charge in [0.1, 0.15) is 5.69 Å². The maximum atomic E-state index is 12.1. The number of halogens is 3. The maximum absolute atomic E-state index is 12.1. The predicted molar refractivity (Wildman–Crippen MR) is 65.1 cm³/mol. The summed E-state index contributed by atoms with van der Waals surface area (Å²) in [6.07, 6.45) is -5.55. The molecular formula is C11H12F3N3O3. The van der Waals surface area contributed by atoms with E-state index in [0.717, 1.165) is 18.2 Å². The van der Waals surface area contributed by atoms with Crippen LogP contribution < -0.4 is 11.1 Å². The number of hydrogen-bond acceptors (Lipinski definition) is 4. The molecule has 0 aliphatic heterocycles. The zero-order valence-corrected chi connectivity index (χ0v) is 10.4. The van der Waals surface area contributed by atoms with Crippen LogP contribution in [0.15, 0.2) is 18.2 Å². The minimum Gasteiger partial charge on any atom is -0.393 e. The maximum Gasteiger partial charge on any atom is 0.391 e. The molecule has 20 heavy (non-hydrogen) atoms. The van der Waals surface area contributed by atoms with Gasteiger partial charge in [0.2, 0.25) is 0 Å². The minimum absolute atomic E-state index is 0.0397. The highest BCUT2D eigenvalue weighted by Crippen LogP contribution is 2.23. The molecule has 1 atom stereocenters. The molecule has 0 saturated carbocycles. The van der Waals surface area contributed by atoms with Crippen molar-refractivity contribution in [3.63, 3.8) is 0 Å². The molecule has 110 valence electrons. The van der Waals surface area contributed by atoms with Crippen LogP contribution in [-0.4, -0.2) is 23.0 Å². The van der Waals surface area contributed by atoms with Gasteiger partial charge in [-0.15, -0.1) is 0 Å². The fraction of sp³-hybridized carbons (Fsp3) is 0.364. The largest absolute Gasteiger partial charge is 0.393 e. The lowest BCUT2D eigenvalue weighted by atomic mass is 10.1. The molecule has 1 rings (SSSR count). The van der Waals surface area contributed by atoms with Gasteiger partial charge in [-0.2, -0.15) is 13.2 Å². The van der Waals surface area contributed by atoms with Crippen molar-refractivity contribution in [1.29, 1.82) is 0 Å². The number of carbonyl (C=O) groups is 1. The quantitative estimate of drug-likeness (QED) is 0.505. The number of alkyl halides is 3. The first-order valence-corrected chi connectivity index (χ1v) is 5.51. The first-order valence-electron chi connectivity index (χ1n) is 5.51. The zero-order valence-electron chi connectivity index (χ0n) is 10.4. The number of anilines is 1. The third-order valence-corrected chi connectivity index (χ3v) is 2.40. The molecule has 0 bridgehead atoms. The van der Waals surface area contributed by atoms with E-state index in [4.69, 9.17) is 5.73 Å². The minimum atomic E-state index is -4.39. The number of nitrogen functional groups attached to an aromatic ring is 1. The number of rotatable bonds is 4. The van der Waals surface area contributed by atoms with Crippen LogP contribution >= 0.6 is 0 Å². The van der Waals surface area contributed by atoms with E-state index in [0.29, 0.717) is 0 Å². The third-order valence-electron chi connectivity index (χ3n) is 2.40.